The maximum atomic E-state index is 11.7. The predicted molar refractivity (Wildman–Crippen MR) is 103 cm³/mol. The summed E-state index contributed by atoms with van der Waals surface area (Å²) in [6.45, 7) is 9.42. The molecule has 0 N–H and O–H groups in total. The molecule has 1 aromatic heterocycles. The number of aromatic nitrogens is 2. The van der Waals surface area contributed by atoms with E-state index in [4.69, 9.17) is 0 Å². The average Bonchev–Trinajstić information content (AvgIpc) is 3.08. The molecule has 0 bridgehead atoms. The van der Waals surface area contributed by atoms with Gasteiger partial charge in [-0.1, -0.05) is 39.8 Å². The minimum Gasteiger partial charge on any atom is -0.337 e. The highest BCUT2D eigenvalue weighted by Crippen LogP contribution is 2.49. The van der Waals surface area contributed by atoms with Crippen molar-refractivity contribution in [3.05, 3.63) is 30.0 Å². The Morgan fingerprint density at radius 2 is 1.88 bits per heavy atom. The summed E-state index contributed by atoms with van der Waals surface area (Å²) in [4.78, 5) is 13.9. The molecule has 4 heteroatoms. The quantitative estimate of drug-likeness (QED) is 0.807. The summed E-state index contributed by atoms with van der Waals surface area (Å²) < 4.78 is 1.92. The molecule has 2 fully saturated rings. The van der Waals surface area contributed by atoms with Crippen LogP contribution in [-0.2, 0) is 11.8 Å². The molecule has 0 radical (unpaired) electrons. The maximum Gasteiger partial charge on any atom is 0.225 e. The van der Waals surface area contributed by atoms with Gasteiger partial charge in [-0.15, -0.1) is 0 Å². The van der Waals surface area contributed by atoms with E-state index < -0.39 is 0 Å². The Kier molecular flexibility index (Phi) is 4.90. The summed E-state index contributed by atoms with van der Waals surface area (Å²) >= 11 is 0. The van der Waals surface area contributed by atoms with E-state index in [1.807, 2.05) is 31.8 Å². The first kappa shape index (κ1) is 18.0. The molecule has 2 aromatic rings. The van der Waals surface area contributed by atoms with Gasteiger partial charge < -0.3 is 4.90 Å². The number of hydrogen-bond donors (Lipinski definition) is 0. The number of rotatable bonds is 2. The third-order valence-electron chi connectivity index (χ3n) is 5.62. The van der Waals surface area contributed by atoms with Crippen molar-refractivity contribution in [3.63, 3.8) is 0 Å². The Morgan fingerprint density at radius 3 is 2.48 bits per heavy atom. The highest BCUT2D eigenvalue weighted by Gasteiger charge is 2.52. The minimum atomic E-state index is 0.181. The monoisotopic (exact) mass is 341 g/mol. The highest BCUT2D eigenvalue weighted by molar-refractivity contribution is 5.80. The van der Waals surface area contributed by atoms with Crippen molar-refractivity contribution in [2.24, 2.45) is 13.0 Å². The lowest BCUT2D eigenvalue weighted by Crippen LogP contribution is -2.39. The van der Waals surface area contributed by atoms with Crippen molar-refractivity contribution in [2.45, 2.75) is 64.8 Å². The summed E-state index contributed by atoms with van der Waals surface area (Å²) in [6, 6.07) is 6.53. The zero-order valence-corrected chi connectivity index (χ0v) is 16.2. The van der Waals surface area contributed by atoms with Crippen LogP contribution in [0.5, 0.6) is 0 Å². The van der Waals surface area contributed by atoms with Gasteiger partial charge in [-0.05, 0) is 43.2 Å². The fourth-order valence-electron chi connectivity index (χ4n) is 3.78. The van der Waals surface area contributed by atoms with Crippen LogP contribution >= 0.6 is 0 Å². The molecule has 0 atom stereocenters. The second-order valence-corrected chi connectivity index (χ2v) is 8.21. The van der Waals surface area contributed by atoms with Crippen LogP contribution in [-0.4, -0.2) is 32.7 Å². The van der Waals surface area contributed by atoms with E-state index in [0.717, 1.165) is 6.54 Å². The molecule has 25 heavy (non-hydrogen) atoms. The van der Waals surface area contributed by atoms with Crippen LogP contribution in [0.15, 0.2) is 24.4 Å². The third-order valence-corrected chi connectivity index (χ3v) is 5.62. The van der Waals surface area contributed by atoms with Crippen LogP contribution in [0, 0.1) is 5.92 Å². The van der Waals surface area contributed by atoms with Crippen molar-refractivity contribution >= 4 is 16.8 Å². The molecule has 2 heterocycles. The molecule has 136 valence electrons. The van der Waals surface area contributed by atoms with Crippen LogP contribution in [0.4, 0.5) is 0 Å². The second kappa shape index (κ2) is 6.81. The molecule has 4 rings (SSSR count). The molecule has 2 aliphatic rings. The van der Waals surface area contributed by atoms with Gasteiger partial charge in [0.15, 0.2) is 0 Å². The number of likely N-dealkylation sites (tertiary alicyclic amines) is 1. The topological polar surface area (TPSA) is 38.1 Å². The molecule has 1 saturated heterocycles. The van der Waals surface area contributed by atoms with Crippen LogP contribution < -0.4 is 0 Å². The Labute approximate surface area is 151 Å². The van der Waals surface area contributed by atoms with Gasteiger partial charge in [-0.25, -0.2) is 0 Å². The molecule has 1 spiro atoms. The molecule has 1 aromatic carbocycles. The fraction of sp³-hybridized carbons (Fsp3) is 0.619. The Hall–Kier alpha value is -1.84. The lowest BCUT2D eigenvalue weighted by molar-refractivity contribution is -0.135. The van der Waals surface area contributed by atoms with Crippen molar-refractivity contribution in [2.75, 3.05) is 6.54 Å². The largest absolute Gasteiger partial charge is 0.337 e. The molecular weight excluding hydrogens is 310 g/mol. The van der Waals surface area contributed by atoms with Crippen molar-refractivity contribution < 1.29 is 4.79 Å². The van der Waals surface area contributed by atoms with Gasteiger partial charge in [0.1, 0.15) is 0 Å². The predicted octanol–water partition coefficient (Wildman–Crippen LogP) is 4.49. The van der Waals surface area contributed by atoms with Crippen molar-refractivity contribution in [1.29, 1.82) is 0 Å². The van der Waals surface area contributed by atoms with E-state index in [1.165, 1.54) is 42.1 Å². The zero-order chi connectivity index (χ0) is 18.2. The smallest absolute Gasteiger partial charge is 0.225 e. The third kappa shape index (κ3) is 3.58. The number of hydrogen-bond acceptors (Lipinski definition) is 2. The Bertz CT molecular complexity index is 756. The lowest BCUT2D eigenvalue weighted by atomic mass is 10.0. The lowest BCUT2D eigenvalue weighted by Gasteiger charge is -2.26. The molecule has 1 aliphatic heterocycles. The molecule has 1 aliphatic carbocycles. The molecular formula is C21H31N3O. The van der Waals surface area contributed by atoms with E-state index in [2.05, 4.69) is 42.0 Å². The number of benzene rings is 1. The van der Waals surface area contributed by atoms with Gasteiger partial charge in [-0.3, -0.25) is 9.48 Å². The van der Waals surface area contributed by atoms with E-state index >= 15 is 0 Å². The van der Waals surface area contributed by atoms with Crippen molar-refractivity contribution in [1.82, 2.24) is 14.7 Å². The van der Waals surface area contributed by atoms with Crippen LogP contribution in [0.25, 0.3) is 10.9 Å². The maximum absolute atomic E-state index is 11.7. The first-order chi connectivity index (χ1) is 11.8. The number of nitrogens with zero attached hydrogens (tertiary/aromatic N) is 3. The standard InChI is InChI=1S/C11H14N2.C10H17NO/c1-8(2)9-4-5-10-7-12-13(3)11(10)6-9;1-8(2)9(12)11-7-3-4-10(11)5-6-10/h4-8H,1-3H3;8H,3-7H2,1-2H3. The zero-order valence-electron chi connectivity index (χ0n) is 16.2. The number of fused-ring (bicyclic) bond motifs is 1. The average molecular weight is 341 g/mol. The van der Waals surface area contributed by atoms with E-state index in [-0.39, 0.29) is 5.92 Å². The van der Waals surface area contributed by atoms with E-state index in [9.17, 15) is 4.79 Å². The van der Waals surface area contributed by atoms with Gasteiger partial charge in [0.05, 0.1) is 11.7 Å². The van der Waals surface area contributed by atoms with E-state index in [0.29, 0.717) is 17.4 Å². The Morgan fingerprint density at radius 1 is 1.16 bits per heavy atom. The number of carbonyl (C=O) groups is 1. The van der Waals surface area contributed by atoms with Crippen LogP contribution in [0.3, 0.4) is 0 Å². The normalized spacial score (nSPS) is 18.1. The van der Waals surface area contributed by atoms with Crippen molar-refractivity contribution in [3.8, 4) is 0 Å². The summed E-state index contributed by atoms with van der Waals surface area (Å²) in [7, 11) is 1.98. The molecule has 4 nitrogen and oxygen atoms in total. The Balaban J connectivity index is 0.000000146. The number of amides is 1. The molecule has 1 amide bonds. The fourth-order valence-corrected chi connectivity index (χ4v) is 3.78. The summed E-state index contributed by atoms with van der Waals surface area (Å²) in [5, 5.41) is 5.43. The summed E-state index contributed by atoms with van der Waals surface area (Å²) in [5.41, 5.74) is 2.93. The first-order valence-corrected chi connectivity index (χ1v) is 9.57. The van der Waals surface area contributed by atoms with Gasteiger partial charge in [0.2, 0.25) is 5.91 Å². The summed E-state index contributed by atoms with van der Waals surface area (Å²) in [6.07, 6.45) is 6.89. The van der Waals surface area contributed by atoms with Gasteiger partial charge in [0, 0.05) is 30.4 Å². The van der Waals surface area contributed by atoms with Gasteiger partial charge in [0.25, 0.3) is 0 Å². The second-order valence-electron chi connectivity index (χ2n) is 8.21. The number of aryl methyl sites for hydroxylation is 1. The molecule has 1 saturated carbocycles. The van der Waals surface area contributed by atoms with Crippen LogP contribution in [0.1, 0.15) is 64.9 Å². The van der Waals surface area contributed by atoms with Gasteiger partial charge >= 0.3 is 0 Å². The number of carbonyl (C=O) groups excluding carboxylic acids is 1. The van der Waals surface area contributed by atoms with Gasteiger partial charge in [-0.2, -0.15) is 5.10 Å². The minimum absolute atomic E-state index is 0.181. The molecule has 0 unspecified atom stereocenters. The highest BCUT2D eigenvalue weighted by atomic mass is 16.2. The first-order valence-electron chi connectivity index (χ1n) is 9.57. The van der Waals surface area contributed by atoms with E-state index in [1.54, 1.807) is 0 Å². The SMILES string of the molecule is CC(C)C(=O)N1CCCC12CC2.CC(C)c1ccc2cnn(C)c2c1. The van der Waals surface area contributed by atoms with Crippen LogP contribution in [0.2, 0.25) is 0 Å². The summed E-state index contributed by atoms with van der Waals surface area (Å²) in [5.74, 6) is 1.13.